The molecule has 0 radical (unpaired) electrons. The van der Waals surface area contributed by atoms with Gasteiger partial charge in [-0.3, -0.25) is 0 Å². The molecule has 1 rings (SSSR count). The van der Waals surface area contributed by atoms with Gasteiger partial charge < -0.3 is 0 Å². The first kappa shape index (κ1) is 12.6. The first-order valence-corrected chi connectivity index (χ1v) is 7.60. The van der Waals surface area contributed by atoms with Crippen molar-refractivity contribution in [3.8, 4) is 0 Å². The zero-order valence-corrected chi connectivity index (χ0v) is 12.2. The van der Waals surface area contributed by atoms with Crippen molar-refractivity contribution in [3.05, 3.63) is 28.7 Å². The fourth-order valence-corrected chi connectivity index (χ4v) is 3.38. The molecular formula is C11H14Br2S. The van der Waals surface area contributed by atoms with Gasteiger partial charge in [0.25, 0.3) is 0 Å². The Balaban J connectivity index is 2.41. The average molecular weight is 338 g/mol. The fraction of sp³-hybridized carbons (Fsp3) is 0.455. The van der Waals surface area contributed by atoms with E-state index in [0.29, 0.717) is 0 Å². The van der Waals surface area contributed by atoms with E-state index in [1.807, 2.05) is 11.8 Å². The lowest BCUT2D eigenvalue weighted by Crippen LogP contribution is -2.02. The van der Waals surface area contributed by atoms with Crippen LogP contribution >= 0.6 is 43.6 Å². The fourth-order valence-electron chi connectivity index (χ4n) is 1.02. The average Bonchev–Trinajstić information content (AvgIpc) is 2.22. The summed E-state index contributed by atoms with van der Waals surface area (Å²) < 4.78 is 1.15. The minimum atomic E-state index is 0.781. The first-order chi connectivity index (χ1) is 6.76. The smallest absolute Gasteiger partial charge is 0.0176 e. The Kier molecular flexibility index (Phi) is 6.22. The number of benzene rings is 1. The molecule has 1 aromatic carbocycles. The molecule has 14 heavy (non-hydrogen) atoms. The highest BCUT2D eigenvalue weighted by atomic mass is 79.9. The molecule has 0 fully saturated rings. The van der Waals surface area contributed by atoms with Gasteiger partial charge in [0, 0.05) is 20.5 Å². The molecule has 0 aliphatic rings. The summed E-state index contributed by atoms with van der Waals surface area (Å²) in [5, 5.41) is 1.10. The summed E-state index contributed by atoms with van der Waals surface area (Å²) in [6.07, 6.45) is 1.24. The Labute approximate surface area is 107 Å². The maximum Gasteiger partial charge on any atom is 0.0176 e. The van der Waals surface area contributed by atoms with E-state index in [1.165, 1.54) is 17.1 Å². The van der Waals surface area contributed by atoms with Crippen molar-refractivity contribution < 1.29 is 0 Å². The molecule has 1 atom stereocenters. The number of alkyl halides is 1. The van der Waals surface area contributed by atoms with Crippen LogP contribution in [0.3, 0.4) is 0 Å². The molecule has 78 valence electrons. The van der Waals surface area contributed by atoms with Gasteiger partial charge in [0.05, 0.1) is 0 Å². The predicted molar refractivity (Wildman–Crippen MR) is 72.4 cm³/mol. The summed E-state index contributed by atoms with van der Waals surface area (Å²) in [5.41, 5.74) is 0. The van der Waals surface area contributed by atoms with Gasteiger partial charge in [-0.1, -0.05) is 45.2 Å². The van der Waals surface area contributed by atoms with Crippen LogP contribution in [0.2, 0.25) is 0 Å². The van der Waals surface area contributed by atoms with Crippen LogP contribution in [0, 0.1) is 5.92 Å². The number of rotatable bonds is 5. The topological polar surface area (TPSA) is 0 Å². The van der Waals surface area contributed by atoms with E-state index in [0.717, 1.165) is 15.7 Å². The van der Waals surface area contributed by atoms with E-state index in [2.05, 4.69) is 63.0 Å². The van der Waals surface area contributed by atoms with Crippen LogP contribution in [0.15, 0.2) is 33.6 Å². The van der Waals surface area contributed by atoms with E-state index < -0.39 is 0 Å². The summed E-state index contributed by atoms with van der Waals surface area (Å²) in [4.78, 5) is 1.35. The summed E-state index contributed by atoms with van der Waals surface area (Å²) in [7, 11) is 0. The summed E-state index contributed by atoms with van der Waals surface area (Å²) in [5.74, 6) is 1.98. The van der Waals surface area contributed by atoms with Crippen molar-refractivity contribution in [2.45, 2.75) is 18.2 Å². The molecule has 0 heterocycles. The Bertz CT molecular complexity index is 254. The lowest BCUT2D eigenvalue weighted by Gasteiger charge is -2.10. The third kappa shape index (κ3) is 4.37. The molecule has 0 amide bonds. The van der Waals surface area contributed by atoms with Crippen molar-refractivity contribution in [1.29, 1.82) is 0 Å². The van der Waals surface area contributed by atoms with Crippen molar-refractivity contribution in [3.63, 3.8) is 0 Å². The highest BCUT2D eigenvalue weighted by Gasteiger charge is 2.04. The van der Waals surface area contributed by atoms with E-state index in [4.69, 9.17) is 0 Å². The molecule has 0 saturated carbocycles. The molecule has 0 bridgehead atoms. The SMILES string of the molecule is CCC(CBr)CSc1ccc(Br)cc1. The van der Waals surface area contributed by atoms with Gasteiger partial charge in [-0.2, -0.15) is 0 Å². The second-order valence-corrected chi connectivity index (χ2v) is 5.85. The van der Waals surface area contributed by atoms with E-state index in [-0.39, 0.29) is 0 Å². The van der Waals surface area contributed by atoms with Gasteiger partial charge in [-0.15, -0.1) is 11.8 Å². The zero-order chi connectivity index (χ0) is 10.4. The number of halogens is 2. The van der Waals surface area contributed by atoms with Crippen LogP contribution in [0.4, 0.5) is 0 Å². The molecule has 0 saturated heterocycles. The molecule has 0 nitrogen and oxygen atoms in total. The number of hydrogen-bond donors (Lipinski definition) is 0. The molecule has 0 aliphatic heterocycles. The minimum absolute atomic E-state index is 0.781. The van der Waals surface area contributed by atoms with E-state index in [9.17, 15) is 0 Å². The van der Waals surface area contributed by atoms with Crippen LogP contribution in [-0.2, 0) is 0 Å². The summed E-state index contributed by atoms with van der Waals surface area (Å²) >= 11 is 8.91. The monoisotopic (exact) mass is 336 g/mol. The molecule has 1 aromatic rings. The zero-order valence-electron chi connectivity index (χ0n) is 8.17. The van der Waals surface area contributed by atoms with Crippen LogP contribution in [0.1, 0.15) is 13.3 Å². The Morgan fingerprint density at radius 3 is 2.43 bits per heavy atom. The van der Waals surface area contributed by atoms with Crippen LogP contribution in [-0.4, -0.2) is 11.1 Å². The van der Waals surface area contributed by atoms with Crippen LogP contribution < -0.4 is 0 Å². The van der Waals surface area contributed by atoms with Gasteiger partial charge in [0.1, 0.15) is 0 Å². The van der Waals surface area contributed by atoms with E-state index in [1.54, 1.807) is 0 Å². The van der Waals surface area contributed by atoms with Crippen molar-refractivity contribution in [1.82, 2.24) is 0 Å². The molecule has 3 heteroatoms. The molecule has 0 aromatic heterocycles. The van der Waals surface area contributed by atoms with Gasteiger partial charge in [-0.25, -0.2) is 0 Å². The highest BCUT2D eigenvalue weighted by molar-refractivity contribution is 9.10. The summed E-state index contributed by atoms with van der Waals surface area (Å²) in [6, 6.07) is 8.51. The van der Waals surface area contributed by atoms with Crippen molar-refractivity contribution in [2.24, 2.45) is 5.92 Å². The largest absolute Gasteiger partial charge is 0.126 e. The number of thioether (sulfide) groups is 1. The normalized spacial score (nSPS) is 12.8. The maximum atomic E-state index is 3.54. The Hall–Kier alpha value is 0.530. The third-order valence-electron chi connectivity index (χ3n) is 2.09. The lowest BCUT2D eigenvalue weighted by atomic mass is 10.2. The molecule has 0 spiro atoms. The van der Waals surface area contributed by atoms with Gasteiger partial charge in [-0.05, 0) is 30.2 Å². The van der Waals surface area contributed by atoms with Crippen LogP contribution in [0.5, 0.6) is 0 Å². The molecule has 0 N–H and O–H groups in total. The van der Waals surface area contributed by atoms with Gasteiger partial charge in [0.2, 0.25) is 0 Å². The predicted octanol–water partition coefficient (Wildman–Crippen LogP) is 4.96. The third-order valence-corrected chi connectivity index (χ3v) is 4.78. The Morgan fingerprint density at radius 2 is 1.93 bits per heavy atom. The molecule has 0 aliphatic carbocycles. The summed E-state index contributed by atoms with van der Waals surface area (Å²) in [6.45, 7) is 2.24. The van der Waals surface area contributed by atoms with Gasteiger partial charge in [0.15, 0.2) is 0 Å². The van der Waals surface area contributed by atoms with E-state index >= 15 is 0 Å². The quantitative estimate of drug-likeness (QED) is 0.540. The standard InChI is InChI=1S/C11H14Br2S/c1-2-9(7-12)8-14-11-5-3-10(13)4-6-11/h3-6,9H,2,7-8H2,1H3. The second kappa shape index (κ2) is 6.91. The molecular weight excluding hydrogens is 324 g/mol. The lowest BCUT2D eigenvalue weighted by molar-refractivity contribution is 0.652. The first-order valence-electron chi connectivity index (χ1n) is 4.70. The highest BCUT2D eigenvalue weighted by Crippen LogP contribution is 2.24. The minimum Gasteiger partial charge on any atom is -0.126 e. The second-order valence-electron chi connectivity index (χ2n) is 3.19. The van der Waals surface area contributed by atoms with Crippen molar-refractivity contribution >= 4 is 43.6 Å². The molecule has 1 unspecified atom stereocenters. The van der Waals surface area contributed by atoms with Gasteiger partial charge >= 0.3 is 0 Å². The van der Waals surface area contributed by atoms with Crippen LogP contribution in [0.25, 0.3) is 0 Å². The number of hydrogen-bond acceptors (Lipinski definition) is 1. The maximum absolute atomic E-state index is 3.54. The Morgan fingerprint density at radius 1 is 1.29 bits per heavy atom. The van der Waals surface area contributed by atoms with Crippen molar-refractivity contribution in [2.75, 3.05) is 11.1 Å².